The number of nitrogens with zero attached hydrogens (tertiary/aromatic N) is 2. The maximum Gasteiger partial charge on any atom is 0.291 e. The van der Waals surface area contributed by atoms with Crippen LogP contribution in [-0.4, -0.2) is 15.7 Å². The molecule has 11 heteroatoms. The number of ether oxygens (including phenoxy) is 2. The van der Waals surface area contributed by atoms with Crippen molar-refractivity contribution in [2.24, 2.45) is 0 Å². The predicted molar refractivity (Wildman–Crippen MR) is 127 cm³/mol. The van der Waals surface area contributed by atoms with Gasteiger partial charge >= 0.3 is 0 Å². The first-order valence-electron chi connectivity index (χ1n) is 9.45. The zero-order chi connectivity index (χ0) is 23.4. The van der Waals surface area contributed by atoms with Crippen molar-refractivity contribution in [3.63, 3.8) is 0 Å². The second-order valence-corrected chi connectivity index (χ2v) is 8.39. The number of rotatable bonds is 8. The molecule has 4 rings (SSSR count). The van der Waals surface area contributed by atoms with Crippen LogP contribution in [0.3, 0.4) is 0 Å². The average molecular weight is 527 g/mol. The summed E-state index contributed by atoms with van der Waals surface area (Å²) in [7, 11) is 0. The summed E-state index contributed by atoms with van der Waals surface area (Å²) in [4.78, 5) is 12.5. The summed E-state index contributed by atoms with van der Waals surface area (Å²) in [5.41, 5.74) is 0.476. The maximum absolute atomic E-state index is 12.5. The highest BCUT2D eigenvalue weighted by atomic mass is 35.5. The lowest BCUT2D eigenvalue weighted by Gasteiger charge is -2.09. The first kappa shape index (κ1) is 23.3. The van der Waals surface area contributed by atoms with E-state index in [1.165, 1.54) is 29.1 Å². The molecule has 2 heterocycles. The number of nitrogens with one attached hydrogen (secondary N) is 1. The van der Waals surface area contributed by atoms with Crippen molar-refractivity contribution in [3.8, 4) is 11.5 Å². The van der Waals surface area contributed by atoms with Crippen LogP contribution < -0.4 is 14.8 Å². The highest BCUT2D eigenvalue weighted by Gasteiger charge is 2.15. The summed E-state index contributed by atoms with van der Waals surface area (Å²) in [6.07, 6.45) is 3.12. The van der Waals surface area contributed by atoms with E-state index in [0.717, 1.165) is 0 Å². The van der Waals surface area contributed by atoms with E-state index in [4.69, 9.17) is 60.3 Å². The lowest BCUT2D eigenvalue weighted by atomic mass is 10.3. The minimum absolute atomic E-state index is 0.0210. The van der Waals surface area contributed by atoms with Crippen molar-refractivity contribution >= 4 is 58.0 Å². The number of furan rings is 1. The van der Waals surface area contributed by atoms with Gasteiger partial charge in [0, 0.05) is 10.0 Å². The Bertz CT molecular complexity index is 1270. The number of hydrogen-bond donors (Lipinski definition) is 1. The molecule has 170 valence electrons. The van der Waals surface area contributed by atoms with Crippen LogP contribution in [0.4, 0.5) is 5.69 Å². The number of carbonyl (C=O) groups excluding carboxylic acids is 1. The van der Waals surface area contributed by atoms with Gasteiger partial charge in [-0.25, -0.2) is 4.68 Å². The molecule has 2 aromatic heterocycles. The Morgan fingerprint density at radius 1 is 1.00 bits per heavy atom. The van der Waals surface area contributed by atoms with E-state index < -0.39 is 5.91 Å². The number of amides is 1. The van der Waals surface area contributed by atoms with Crippen molar-refractivity contribution in [1.82, 2.24) is 9.78 Å². The smallest absolute Gasteiger partial charge is 0.291 e. The first-order chi connectivity index (χ1) is 15.9. The van der Waals surface area contributed by atoms with Crippen molar-refractivity contribution in [2.75, 3.05) is 5.32 Å². The third kappa shape index (κ3) is 6.15. The molecule has 0 unspecified atom stereocenters. The van der Waals surface area contributed by atoms with Gasteiger partial charge < -0.3 is 19.2 Å². The van der Waals surface area contributed by atoms with Crippen molar-refractivity contribution in [1.29, 1.82) is 0 Å². The monoisotopic (exact) mass is 525 g/mol. The molecule has 0 aliphatic carbocycles. The third-order valence-electron chi connectivity index (χ3n) is 4.26. The van der Waals surface area contributed by atoms with Crippen LogP contribution in [0.5, 0.6) is 11.5 Å². The molecule has 0 saturated heterocycles. The molecule has 2 aromatic carbocycles. The van der Waals surface area contributed by atoms with Crippen LogP contribution in [-0.2, 0) is 13.3 Å². The number of anilines is 1. The highest BCUT2D eigenvalue weighted by Crippen LogP contribution is 2.36. The molecule has 0 saturated carbocycles. The number of hydrogen-bond acceptors (Lipinski definition) is 5. The van der Waals surface area contributed by atoms with E-state index in [9.17, 15) is 4.79 Å². The SMILES string of the molecule is O=C(Nc1cnn(COc2cccc(Cl)c2)c1)c1ccc(COc2c(Cl)cc(Cl)cc2Cl)o1. The summed E-state index contributed by atoms with van der Waals surface area (Å²) < 4.78 is 18.3. The summed E-state index contributed by atoms with van der Waals surface area (Å²) in [6, 6.07) is 13.2. The molecule has 0 aliphatic rings. The first-order valence-corrected chi connectivity index (χ1v) is 11.0. The van der Waals surface area contributed by atoms with Gasteiger partial charge in [0.05, 0.1) is 28.1 Å². The molecule has 0 radical (unpaired) electrons. The molecule has 1 amide bonds. The van der Waals surface area contributed by atoms with Crippen LogP contribution >= 0.6 is 46.4 Å². The molecule has 7 nitrogen and oxygen atoms in total. The lowest BCUT2D eigenvalue weighted by Crippen LogP contribution is -2.10. The standard InChI is InChI=1S/C22H15Cl4N3O4/c23-13-2-1-3-16(6-13)32-12-29-10-15(9-27-29)28-22(30)20-5-4-17(33-20)11-31-21-18(25)7-14(24)8-19(21)26/h1-10H,11-12H2,(H,28,30). The van der Waals surface area contributed by atoms with Crippen LogP contribution in [0.2, 0.25) is 20.1 Å². The Hall–Kier alpha value is -2.84. The van der Waals surface area contributed by atoms with Crippen molar-refractivity contribution < 1.29 is 18.7 Å². The predicted octanol–water partition coefficient (Wildman–Crippen LogP) is 6.96. The van der Waals surface area contributed by atoms with Gasteiger partial charge in [-0.15, -0.1) is 0 Å². The fourth-order valence-corrected chi connectivity index (χ4v) is 3.88. The molecule has 0 atom stereocenters. The number of benzene rings is 2. The van der Waals surface area contributed by atoms with Gasteiger partial charge in [-0.05, 0) is 42.5 Å². The summed E-state index contributed by atoms with van der Waals surface area (Å²) >= 11 is 24.0. The summed E-state index contributed by atoms with van der Waals surface area (Å²) in [5, 5.41) is 8.37. The second kappa shape index (κ2) is 10.4. The van der Waals surface area contributed by atoms with Crippen LogP contribution in [0.1, 0.15) is 16.3 Å². The van der Waals surface area contributed by atoms with Gasteiger partial charge in [-0.1, -0.05) is 52.5 Å². The summed E-state index contributed by atoms with van der Waals surface area (Å²) in [5.74, 6) is 0.949. The number of carbonyl (C=O) groups is 1. The second-order valence-electron chi connectivity index (χ2n) is 6.71. The van der Waals surface area contributed by atoms with E-state index in [1.807, 2.05) is 0 Å². The zero-order valence-electron chi connectivity index (χ0n) is 16.7. The van der Waals surface area contributed by atoms with Gasteiger partial charge in [0.15, 0.2) is 18.2 Å². The van der Waals surface area contributed by atoms with Gasteiger partial charge in [0.2, 0.25) is 0 Å². The van der Waals surface area contributed by atoms with Crippen LogP contribution in [0, 0.1) is 0 Å². The Morgan fingerprint density at radius 3 is 2.55 bits per heavy atom. The molecule has 0 aliphatic heterocycles. The Balaban J connectivity index is 1.32. The molecule has 1 N–H and O–H groups in total. The van der Waals surface area contributed by atoms with Crippen LogP contribution in [0.25, 0.3) is 0 Å². The molecule has 4 aromatic rings. The topological polar surface area (TPSA) is 78.5 Å². The minimum atomic E-state index is -0.445. The van der Waals surface area contributed by atoms with Crippen LogP contribution in [0.15, 0.2) is 65.3 Å². The third-order valence-corrected chi connectivity index (χ3v) is 5.27. The van der Waals surface area contributed by atoms with Gasteiger partial charge in [-0.3, -0.25) is 4.79 Å². The summed E-state index contributed by atoms with van der Waals surface area (Å²) in [6.45, 7) is 0.168. The molecule has 33 heavy (non-hydrogen) atoms. The molecule has 0 spiro atoms. The molecular weight excluding hydrogens is 512 g/mol. The maximum atomic E-state index is 12.5. The minimum Gasteiger partial charge on any atom is -0.483 e. The zero-order valence-corrected chi connectivity index (χ0v) is 19.8. The number of aromatic nitrogens is 2. The molecule has 0 bridgehead atoms. The fraction of sp³-hybridized carbons (Fsp3) is 0.0909. The van der Waals surface area contributed by atoms with E-state index in [-0.39, 0.29) is 34.9 Å². The molecular formula is C22H15Cl4N3O4. The quantitative estimate of drug-likeness (QED) is 0.268. The lowest BCUT2D eigenvalue weighted by molar-refractivity contribution is 0.0992. The van der Waals surface area contributed by atoms with Gasteiger partial charge in [0.1, 0.15) is 18.1 Å². The van der Waals surface area contributed by atoms with Crippen molar-refractivity contribution in [3.05, 3.63) is 92.5 Å². The Kier molecular flexibility index (Phi) is 7.35. The van der Waals surface area contributed by atoms with E-state index >= 15 is 0 Å². The van der Waals surface area contributed by atoms with E-state index in [0.29, 0.717) is 27.2 Å². The van der Waals surface area contributed by atoms with E-state index in [2.05, 4.69) is 10.4 Å². The van der Waals surface area contributed by atoms with Crippen molar-refractivity contribution in [2.45, 2.75) is 13.3 Å². The number of halogens is 4. The fourth-order valence-electron chi connectivity index (χ4n) is 2.78. The van der Waals surface area contributed by atoms with Gasteiger partial charge in [-0.2, -0.15) is 5.10 Å². The normalized spacial score (nSPS) is 10.8. The highest BCUT2D eigenvalue weighted by molar-refractivity contribution is 6.40. The van der Waals surface area contributed by atoms with E-state index in [1.54, 1.807) is 36.5 Å². The largest absolute Gasteiger partial charge is 0.483 e. The average Bonchev–Trinajstić information content (AvgIpc) is 3.41. The molecule has 0 fully saturated rings. The Labute approximate surface area is 208 Å². The Morgan fingerprint density at radius 2 is 1.79 bits per heavy atom. The van der Waals surface area contributed by atoms with Gasteiger partial charge in [0.25, 0.3) is 5.91 Å².